The maximum Gasteiger partial charge on any atom is 0.251 e. The summed E-state index contributed by atoms with van der Waals surface area (Å²) in [6.07, 6.45) is 0.964. The number of carbonyl (C=O) groups excluding carboxylic acids is 2. The summed E-state index contributed by atoms with van der Waals surface area (Å²) in [5, 5.41) is 6.33. The van der Waals surface area contributed by atoms with Gasteiger partial charge >= 0.3 is 0 Å². The summed E-state index contributed by atoms with van der Waals surface area (Å²) in [6, 6.07) is 7.49. The molecule has 1 saturated heterocycles. The Morgan fingerprint density at radius 3 is 2.41 bits per heavy atom. The Balaban J connectivity index is 0.00000364. The monoisotopic (exact) mass is 396 g/mol. The van der Waals surface area contributed by atoms with Gasteiger partial charge in [-0.2, -0.15) is 0 Å². The van der Waals surface area contributed by atoms with Crippen molar-refractivity contribution in [3.05, 3.63) is 35.4 Å². The Labute approximate surface area is 169 Å². The first kappa shape index (κ1) is 23.4. The van der Waals surface area contributed by atoms with Gasteiger partial charge in [-0.25, -0.2) is 0 Å². The summed E-state index contributed by atoms with van der Waals surface area (Å²) in [5.74, 6) is 0.0750. The van der Waals surface area contributed by atoms with Gasteiger partial charge < -0.3 is 20.4 Å². The smallest absolute Gasteiger partial charge is 0.251 e. The Hall–Kier alpha value is -1.63. The second kappa shape index (κ2) is 12.0. The van der Waals surface area contributed by atoms with Gasteiger partial charge in [0.05, 0.1) is 0 Å². The molecule has 2 amide bonds. The molecular formula is C20H33ClN4O2. The molecule has 0 unspecified atom stereocenters. The first-order valence-electron chi connectivity index (χ1n) is 9.52. The van der Waals surface area contributed by atoms with Gasteiger partial charge in [0.2, 0.25) is 5.91 Å². The molecule has 1 aromatic rings. The molecule has 1 aromatic carbocycles. The molecule has 0 spiro atoms. The summed E-state index contributed by atoms with van der Waals surface area (Å²) in [6.45, 7) is 10.3. The molecule has 0 bridgehead atoms. The van der Waals surface area contributed by atoms with Crippen LogP contribution in [0.4, 0.5) is 0 Å². The zero-order valence-electron chi connectivity index (χ0n) is 16.7. The van der Waals surface area contributed by atoms with Crippen LogP contribution in [0.3, 0.4) is 0 Å². The van der Waals surface area contributed by atoms with Crippen molar-refractivity contribution in [1.29, 1.82) is 0 Å². The molecule has 0 saturated carbocycles. The first-order valence-corrected chi connectivity index (χ1v) is 9.52. The summed E-state index contributed by atoms with van der Waals surface area (Å²) in [7, 11) is 1.81. The van der Waals surface area contributed by atoms with E-state index in [1.807, 2.05) is 38.1 Å². The molecule has 0 atom stereocenters. The predicted octanol–water partition coefficient (Wildman–Crippen LogP) is 1.75. The van der Waals surface area contributed by atoms with E-state index in [1.165, 1.54) is 0 Å². The van der Waals surface area contributed by atoms with Gasteiger partial charge in [0.25, 0.3) is 5.91 Å². The highest BCUT2D eigenvalue weighted by Gasteiger charge is 2.13. The van der Waals surface area contributed by atoms with E-state index < -0.39 is 0 Å². The molecule has 1 fully saturated rings. The fourth-order valence-electron chi connectivity index (χ4n) is 3.10. The maximum absolute atomic E-state index is 12.2. The van der Waals surface area contributed by atoms with E-state index in [9.17, 15) is 9.59 Å². The van der Waals surface area contributed by atoms with Gasteiger partial charge in [0.1, 0.15) is 0 Å². The number of carbonyl (C=O) groups is 2. The number of benzene rings is 1. The third-order valence-corrected chi connectivity index (χ3v) is 4.65. The van der Waals surface area contributed by atoms with E-state index in [-0.39, 0.29) is 30.1 Å². The molecule has 0 aliphatic carbocycles. The Morgan fingerprint density at radius 1 is 1.19 bits per heavy atom. The number of nitrogens with zero attached hydrogens (tertiary/aromatic N) is 2. The van der Waals surface area contributed by atoms with Crippen LogP contribution in [0.15, 0.2) is 24.3 Å². The Bertz CT molecular complexity index is 586. The van der Waals surface area contributed by atoms with Crippen LogP contribution in [-0.2, 0) is 11.3 Å². The normalized spacial score (nSPS) is 14.5. The summed E-state index contributed by atoms with van der Waals surface area (Å²) in [4.78, 5) is 28.3. The topological polar surface area (TPSA) is 64.7 Å². The second-order valence-electron chi connectivity index (χ2n) is 7.25. The minimum absolute atomic E-state index is 0. The maximum atomic E-state index is 12.2. The van der Waals surface area contributed by atoms with Crippen LogP contribution in [-0.4, -0.2) is 67.9 Å². The van der Waals surface area contributed by atoms with Crippen LogP contribution in [0.1, 0.15) is 36.2 Å². The number of piperazine rings is 1. The van der Waals surface area contributed by atoms with Gasteiger partial charge in [-0.1, -0.05) is 26.0 Å². The summed E-state index contributed by atoms with van der Waals surface area (Å²) in [5.41, 5.74) is 1.69. The van der Waals surface area contributed by atoms with Crippen molar-refractivity contribution in [2.24, 2.45) is 5.92 Å². The minimum Gasteiger partial charge on any atom is -0.352 e. The standard InChI is InChI=1S/C20H32N4O2.ClH/c1-16(2)20(26)23(3)15-17-5-7-18(8-6-17)19(25)22-9-4-12-24-13-10-21-11-14-24;/h5-8,16,21H,4,9-15H2,1-3H3,(H,22,25);1H. The van der Waals surface area contributed by atoms with Gasteiger partial charge in [-0.05, 0) is 30.7 Å². The lowest BCUT2D eigenvalue weighted by molar-refractivity contribution is -0.133. The first-order chi connectivity index (χ1) is 12.5. The molecular weight excluding hydrogens is 364 g/mol. The molecule has 1 aliphatic rings. The molecule has 2 rings (SSSR count). The van der Waals surface area contributed by atoms with Crippen molar-refractivity contribution >= 4 is 24.2 Å². The predicted molar refractivity (Wildman–Crippen MR) is 111 cm³/mol. The van der Waals surface area contributed by atoms with E-state index in [0.29, 0.717) is 18.7 Å². The highest BCUT2D eigenvalue weighted by molar-refractivity contribution is 5.94. The lowest BCUT2D eigenvalue weighted by atomic mass is 10.1. The number of halogens is 1. The van der Waals surface area contributed by atoms with E-state index in [2.05, 4.69) is 15.5 Å². The third-order valence-electron chi connectivity index (χ3n) is 4.65. The van der Waals surface area contributed by atoms with Crippen molar-refractivity contribution in [2.75, 3.05) is 46.3 Å². The minimum atomic E-state index is -0.0385. The number of hydrogen-bond donors (Lipinski definition) is 2. The quantitative estimate of drug-likeness (QED) is 0.657. The van der Waals surface area contributed by atoms with Crippen LogP contribution in [0, 0.1) is 5.92 Å². The van der Waals surface area contributed by atoms with Crippen LogP contribution in [0.2, 0.25) is 0 Å². The van der Waals surface area contributed by atoms with E-state index in [1.54, 1.807) is 11.9 Å². The average Bonchev–Trinajstić information content (AvgIpc) is 2.65. The van der Waals surface area contributed by atoms with Crippen LogP contribution < -0.4 is 10.6 Å². The lowest BCUT2D eigenvalue weighted by Crippen LogP contribution is -2.44. The van der Waals surface area contributed by atoms with Crippen LogP contribution in [0.5, 0.6) is 0 Å². The average molecular weight is 397 g/mol. The Morgan fingerprint density at radius 2 is 1.81 bits per heavy atom. The Kier molecular flexibility index (Phi) is 10.4. The molecule has 7 heteroatoms. The van der Waals surface area contributed by atoms with Crippen LogP contribution in [0.25, 0.3) is 0 Å². The molecule has 152 valence electrons. The van der Waals surface area contributed by atoms with Gasteiger partial charge in [0.15, 0.2) is 0 Å². The fraction of sp³-hybridized carbons (Fsp3) is 0.600. The zero-order chi connectivity index (χ0) is 18.9. The summed E-state index contributed by atoms with van der Waals surface area (Å²) < 4.78 is 0. The van der Waals surface area contributed by atoms with E-state index >= 15 is 0 Å². The van der Waals surface area contributed by atoms with Gasteiger partial charge in [-0.15, -0.1) is 12.4 Å². The highest BCUT2D eigenvalue weighted by Crippen LogP contribution is 2.09. The number of nitrogens with one attached hydrogen (secondary N) is 2. The second-order valence-corrected chi connectivity index (χ2v) is 7.25. The molecule has 1 heterocycles. The highest BCUT2D eigenvalue weighted by atomic mass is 35.5. The zero-order valence-corrected chi connectivity index (χ0v) is 17.5. The fourth-order valence-corrected chi connectivity index (χ4v) is 3.10. The van der Waals surface area contributed by atoms with Gasteiger partial charge in [0, 0.05) is 57.8 Å². The molecule has 6 nitrogen and oxygen atoms in total. The molecule has 0 aromatic heterocycles. The third kappa shape index (κ3) is 7.87. The van der Waals surface area contributed by atoms with Crippen molar-refractivity contribution in [3.8, 4) is 0 Å². The van der Waals surface area contributed by atoms with Crippen molar-refractivity contribution in [3.63, 3.8) is 0 Å². The summed E-state index contributed by atoms with van der Waals surface area (Å²) >= 11 is 0. The van der Waals surface area contributed by atoms with Gasteiger partial charge in [-0.3, -0.25) is 9.59 Å². The van der Waals surface area contributed by atoms with Crippen LogP contribution >= 0.6 is 12.4 Å². The van der Waals surface area contributed by atoms with Crippen molar-refractivity contribution in [1.82, 2.24) is 20.4 Å². The lowest BCUT2D eigenvalue weighted by Gasteiger charge is -2.27. The number of amides is 2. The SMILES string of the molecule is CC(C)C(=O)N(C)Cc1ccc(C(=O)NCCCN2CCNCC2)cc1.Cl. The molecule has 1 aliphatic heterocycles. The molecule has 27 heavy (non-hydrogen) atoms. The van der Waals surface area contributed by atoms with Crippen molar-refractivity contribution < 1.29 is 9.59 Å². The van der Waals surface area contributed by atoms with Crippen molar-refractivity contribution in [2.45, 2.75) is 26.8 Å². The largest absolute Gasteiger partial charge is 0.352 e. The number of rotatable bonds is 8. The van der Waals surface area contributed by atoms with E-state index in [4.69, 9.17) is 0 Å². The molecule has 2 N–H and O–H groups in total. The number of hydrogen-bond acceptors (Lipinski definition) is 4. The molecule has 0 radical (unpaired) electrons. The van der Waals surface area contributed by atoms with E-state index in [0.717, 1.165) is 44.7 Å².